The van der Waals surface area contributed by atoms with Gasteiger partial charge >= 0.3 is 0 Å². The highest BCUT2D eigenvalue weighted by Gasteiger charge is 2.59. The molecule has 3 N–H and O–H groups in total. The van der Waals surface area contributed by atoms with Crippen LogP contribution in [0.15, 0.2) is 66.0 Å². The van der Waals surface area contributed by atoms with Crippen LogP contribution in [0.2, 0.25) is 0 Å². The van der Waals surface area contributed by atoms with E-state index in [0.29, 0.717) is 24.0 Å². The number of hydrogen-bond acceptors (Lipinski definition) is 6. The van der Waals surface area contributed by atoms with Crippen molar-refractivity contribution in [2.75, 3.05) is 6.54 Å². The molecular formula is C27H26N2O5S. The predicted molar refractivity (Wildman–Crippen MR) is 132 cm³/mol. The molecule has 0 spiro atoms. The van der Waals surface area contributed by atoms with Crippen molar-refractivity contribution < 1.29 is 24.2 Å². The first-order valence-electron chi connectivity index (χ1n) is 11.7. The van der Waals surface area contributed by atoms with E-state index in [1.165, 1.54) is 12.1 Å². The van der Waals surface area contributed by atoms with Gasteiger partial charge in [-0.2, -0.15) is 0 Å². The van der Waals surface area contributed by atoms with Crippen LogP contribution in [0.4, 0.5) is 0 Å². The molecule has 5 rings (SSSR count). The Hall–Kier alpha value is -3.49. The van der Waals surface area contributed by atoms with Gasteiger partial charge in [-0.25, -0.2) is 0 Å². The highest BCUT2D eigenvalue weighted by atomic mass is 32.1. The summed E-state index contributed by atoms with van der Waals surface area (Å²) in [7, 11) is 0. The molecule has 2 aromatic carbocycles. The third-order valence-electron chi connectivity index (χ3n) is 6.69. The van der Waals surface area contributed by atoms with Gasteiger partial charge in [0.1, 0.15) is 17.4 Å². The molecule has 180 valence electrons. The molecule has 35 heavy (non-hydrogen) atoms. The van der Waals surface area contributed by atoms with Crippen LogP contribution in [0.5, 0.6) is 5.75 Å². The van der Waals surface area contributed by atoms with Crippen LogP contribution in [0.3, 0.4) is 0 Å². The molecule has 2 fully saturated rings. The first-order valence-corrected chi connectivity index (χ1v) is 12.6. The van der Waals surface area contributed by atoms with Crippen LogP contribution in [0, 0.1) is 0 Å². The van der Waals surface area contributed by atoms with Crippen LogP contribution in [-0.2, 0) is 14.3 Å². The molecule has 2 amide bonds. The Morgan fingerprint density at radius 1 is 1.11 bits per heavy atom. The van der Waals surface area contributed by atoms with E-state index >= 15 is 0 Å². The molecule has 1 aromatic heterocycles. The van der Waals surface area contributed by atoms with E-state index in [-0.39, 0.29) is 36.3 Å². The fourth-order valence-electron chi connectivity index (χ4n) is 4.95. The molecule has 0 bridgehead atoms. The summed E-state index contributed by atoms with van der Waals surface area (Å²) in [6.07, 6.45) is 0.812. The van der Waals surface area contributed by atoms with Gasteiger partial charge in [-0.1, -0.05) is 30.3 Å². The molecule has 3 aromatic rings. The Labute approximate surface area is 207 Å². The Bertz CT molecular complexity index is 1240. The SMILES string of the molecule is O=C(CCNC(=O)c1ccc(-c2cccs2)cc1)NC12CCCC1OC(c1cccc(O)c1)C2=O. The highest BCUT2D eigenvalue weighted by molar-refractivity contribution is 7.13. The smallest absolute Gasteiger partial charge is 0.251 e. The van der Waals surface area contributed by atoms with Gasteiger partial charge in [-0.15, -0.1) is 11.3 Å². The van der Waals surface area contributed by atoms with Gasteiger partial charge in [-0.3, -0.25) is 14.4 Å². The van der Waals surface area contributed by atoms with Gasteiger partial charge in [0.25, 0.3) is 5.91 Å². The molecule has 3 unspecified atom stereocenters. The molecule has 2 heterocycles. The Morgan fingerprint density at radius 3 is 2.69 bits per heavy atom. The molecule has 0 radical (unpaired) electrons. The fourth-order valence-corrected chi connectivity index (χ4v) is 5.69. The summed E-state index contributed by atoms with van der Waals surface area (Å²) < 4.78 is 6.04. The topological polar surface area (TPSA) is 105 Å². The number of phenolic OH excluding ortho intramolecular Hbond substituents is 1. The van der Waals surface area contributed by atoms with Crippen LogP contribution < -0.4 is 10.6 Å². The summed E-state index contributed by atoms with van der Waals surface area (Å²) in [6, 6.07) is 17.8. The minimum atomic E-state index is -1.06. The molecule has 7 nitrogen and oxygen atoms in total. The number of hydrogen-bond donors (Lipinski definition) is 3. The Balaban J connectivity index is 1.17. The second kappa shape index (κ2) is 9.64. The van der Waals surface area contributed by atoms with Crippen molar-refractivity contribution >= 4 is 28.9 Å². The van der Waals surface area contributed by atoms with Gasteiger partial charge in [-0.05, 0) is 66.1 Å². The van der Waals surface area contributed by atoms with E-state index in [4.69, 9.17) is 4.74 Å². The minimum Gasteiger partial charge on any atom is -0.508 e. The maximum Gasteiger partial charge on any atom is 0.251 e. The van der Waals surface area contributed by atoms with Gasteiger partial charge < -0.3 is 20.5 Å². The number of aromatic hydroxyl groups is 1. The third-order valence-corrected chi connectivity index (χ3v) is 7.61. The summed E-state index contributed by atoms with van der Waals surface area (Å²) >= 11 is 1.64. The van der Waals surface area contributed by atoms with E-state index in [1.54, 1.807) is 35.6 Å². The lowest BCUT2D eigenvalue weighted by atomic mass is 9.87. The van der Waals surface area contributed by atoms with E-state index in [2.05, 4.69) is 10.6 Å². The fraction of sp³-hybridized carbons (Fsp3) is 0.296. The molecule has 1 saturated carbocycles. The average Bonchev–Trinajstić information content (AvgIpc) is 3.58. The summed E-state index contributed by atoms with van der Waals surface area (Å²) in [4.78, 5) is 39.7. The zero-order valence-corrected chi connectivity index (χ0v) is 19.8. The van der Waals surface area contributed by atoms with Gasteiger partial charge in [0, 0.05) is 23.4 Å². The summed E-state index contributed by atoms with van der Waals surface area (Å²) in [5, 5.41) is 17.5. The summed E-state index contributed by atoms with van der Waals surface area (Å²) in [5.74, 6) is -0.685. The quantitative estimate of drug-likeness (QED) is 0.465. The van der Waals surface area contributed by atoms with Crippen molar-refractivity contribution in [1.82, 2.24) is 10.6 Å². The van der Waals surface area contributed by atoms with Gasteiger partial charge in [0.15, 0.2) is 5.78 Å². The first kappa shape index (κ1) is 23.3. The number of nitrogens with one attached hydrogen (secondary N) is 2. The predicted octanol–water partition coefficient (Wildman–Crippen LogP) is 3.99. The molecule has 8 heteroatoms. The number of ketones is 1. The van der Waals surface area contributed by atoms with Crippen molar-refractivity contribution in [2.24, 2.45) is 0 Å². The Morgan fingerprint density at radius 2 is 1.94 bits per heavy atom. The number of fused-ring (bicyclic) bond motifs is 1. The lowest BCUT2D eigenvalue weighted by Gasteiger charge is -2.27. The van der Waals surface area contributed by atoms with Crippen LogP contribution in [-0.4, -0.2) is 40.9 Å². The lowest BCUT2D eigenvalue weighted by molar-refractivity contribution is -0.131. The van der Waals surface area contributed by atoms with Crippen LogP contribution >= 0.6 is 11.3 Å². The van der Waals surface area contributed by atoms with E-state index in [1.807, 2.05) is 29.6 Å². The maximum atomic E-state index is 13.3. The van der Waals surface area contributed by atoms with Crippen molar-refractivity contribution in [3.8, 4) is 16.2 Å². The second-order valence-corrected chi connectivity index (χ2v) is 9.88. The van der Waals surface area contributed by atoms with E-state index in [9.17, 15) is 19.5 Å². The Kier molecular flexibility index (Phi) is 6.40. The standard InChI is InChI=1S/C27H26N2O5S/c30-20-5-1-4-19(16-20)24-25(32)27(13-2-7-22(27)34-24)29-23(31)12-14-28-26(33)18-10-8-17(9-11-18)21-6-3-15-35-21/h1,3-6,8-11,15-16,22,24,30H,2,7,12-14H2,(H,28,33)(H,29,31). The number of thiophene rings is 1. The third kappa shape index (κ3) is 4.59. The highest BCUT2D eigenvalue weighted by Crippen LogP contribution is 2.46. The number of amides is 2. The number of Topliss-reactive ketones (excluding diaryl/α,β-unsaturated/α-hetero) is 1. The van der Waals surface area contributed by atoms with E-state index < -0.39 is 17.7 Å². The van der Waals surface area contributed by atoms with Crippen molar-refractivity contribution in [1.29, 1.82) is 0 Å². The number of ether oxygens (including phenoxy) is 1. The zero-order chi connectivity index (χ0) is 24.4. The number of carbonyl (C=O) groups is 3. The van der Waals surface area contributed by atoms with Crippen molar-refractivity contribution in [3.63, 3.8) is 0 Å². The number of benzene rings is 2. The second-order valence-electron chi connectivity index (χ2n) is 8.94. The molecule has 1 aliphatic carbocycles. The zero-order valence-electron chi connectivity index (χ0n) is 19.0. The monoisotopic (exact) mass is 490 g/mol. The molecule has 1 aliphatic heterocycles. The average molecular weight is 491 g/mol. The molecule has 2 aliphatic rings. The van der Waals surface area contributed by atoms with Crippen LogP contribution in [0.25, 0.3) is 10.4 Å². The minimum absolute atomic E-state index is 0.0531. The van der Waals surface area contributed by atoms with Gasteiger partial charge in [0.2, 0.25) is 5.91 Å². The molecular weight excluding hydrogens is 464 g/mol. The van der Waals surface area contributed by atoms with Crippen molar-refractivity contribution in [3.05, 3.63) is 77.2 Å². The lowest BCUT2D eigenvalue weighted by Crippen LogP contribution is -2.56. The van der Waals surface area contributed by atoms with Gasteiger partial charge in [0.05, 0.1) is 6.10 Å². The van der Waals surface area contributed by atoms with Crippen molar-refractivity contribution in [2.45, 2.75) is 43.4 Å². The summed E-state index contributed by atoms with van der Waals surface area (Å²) in [5.41, 5.74) is 1.09. The number of carbonyl (C=O) groups excluding carboxylic acids is 3. The van der Waals surface area contributed by atoms with E-state index in [0.717, 1.165) is 16.9 Å². The largest absolute Gasteiger partial charge is 0.508 e. The number of rotatable bonds is 7. The number of phenols is 1. The maximum absolute atomic E-state index is 13.3. The normalized spacial score (nSPS) is 23.1. The molecule has 3 atom stereocenters. The molecule has 1 saturated heterocycles. The summed E-state index contributed by atoms with van der Waals surface area (Å²) in [6.45, 7) is 0.156. The van der Waals surface area contributed by atoms with Crippen LogP contribution in [0.1, 0.15) is 47.7 Å². The first-order chi connectivity index (χ1) is 17.0.